The first kappa shape index (κ1) is 21.8. The van der Waals surface area contributed by atoms with Crippen molar-refractivity contribution < 1.29 is 14.6 Å². The highest BCUT2D eigenvalue weighted by molar-refractivity contribution is 5.40. The molecule has 1 aliphatic heterocycles. The van der Waals surface area contributed by atoms with Crippen molar-refractivity contribution in [1.29, 1.82) is 0 Å². The molecule has 0 amide bonds. The van der Waals surface area contributed by atoms with Gasteiger partial charge < -0.3 is 14.6 Å². The molecule has 0 bridgehead atoms. The normalized spacial score (nSPS) is 24.0. The summed E-state index contributed by atoms with van der Waals surface area (Å²) in [5, 5.41) is 9.79. The lowest BCUT2D eigenvalue weighted by molar-refractivity contribution is 0.147. The van der Waals surface area contributed by atoms with E-state index in [1.54, 1.807) is 14.2 Å². The van der Waals surface area contributed by atoms with E-state index in [1.807, 2.05) is 13.8 Å². The van der Waals surface area contributed by atoms with Gasteiger partial charge >= 0.3 is 0 Å². The zero-order chi connectivity index (χ0) is 19.0. The molecule has 1 aliphatic rings. The first-order valence-corrected chi connectivity index (χ1v) is 9.42. The molecular weight excluding hydrogens is 314 g/mol. The molecule has 0 saturated carbocycles. The minimum absolute atomic E-state index is 0.173. The molecule has 1 heterocycles. The number of likely N-dealkylation sites (N-methyl/N-ethyl adjacent to an activating group) is 1. The molecular formula is C21H37NO3. The van der Waals surface area contributed by atoms with Gasteiger partial charge in [-0.15, -0.1) is 0 Å². The summed E-state index contributed by atoms with van der Waals surface area (Å²) in [6.45, 7) is 11.6. The topological polar surface area (TPSA) is 41.9 Å². The lowest BCUT2D eigenvalue weighted by Gasteiger charge is -2.40. The monoisotopic (exact) mass is 351 g/mol. The Kier molecular flexibility index (Phi) is 9.30. The Labute approximate surface area is 154 Å². The molecule has 0 radical (unpaired) electrons. The number of likely N-dealkylation sites (tertiary alicyclic amines) is 1. The van der Waals surface area contributed by atoms with Crippen LogP contribution >= 0.6 is 0 Å². The van der Waals surface area contributed by atoms with E-state index in [1.165, 1.54) is 11.1 Å². The second-order valence-electron chi connectivity index (χ2n) is 7.18. The van der Waals surface area contributed by atoms with Gasteiger partial charge in [0.15, 0.2) is 5.76 Å². The van der Waals surface area contributed by atoms with Gasteiger partial charge in [-0.3, -0.25) is 4.90 Å². The van der Waals surface area contributed by atoms with Gasteiger partial charge in [-0.25, -0.2) is 0 Å². The van der Waals surface area contributed by atoms with E-state index in [0.29, 0.717) is 12.0 Å². The maximum atomic E-state index is 9.79. The van der Waals surface area contributed by atoms with Crippen LogP contribution in [0.3, 0.4) is 0 Å². The molecule has 3 atom stereocenters. The number of aliphatic hydroxyl groups excluding tert-OH is 1. The Morgan fingerprint density at radius 3 is 2.60 bits per heavy atom. The minimum atomic E-state index is -0.173. The molecule has 144 valence electrons. The molecule has 0 aromatic rings. The summed E-state index contributed by atoms with van der Waals surface area (Å²) in [6, 6.07) is 0.315. The number of methoxy groups -OCH3 is 2. The van der Waals surface area contributed by atoms with Gasteiger partial charge in [0, 0.05) is 12.6 Å². The van der Waals surface area contributed by atoms with Gasteiger partial charge in [0.05, 0.1) is 20.3 Å². The Morgan fingerprint density at radius 1 is 1.36 bits per heavy atom. The van der Waals surface area contributed by atoms with Crippen LogP contribution in [0.25, 0.3) is 0 Å². The average Bonchev–Trinajstić information content (AvgIpc) is 2.61. The van der Waals surface area contributed by atoms with Crippen LogP contribution in [0.1, 0.15) is 52.9 Å². The number of allylic oxidation sites excluding steroid dienone is 2. The van der Waals surface area contributed by atoms with Crippen LogP contribution in [0.15, 0.2) is 35.3 Å². The van der Waals surface area contributed by atoms with E-state index in [-0.39, 0.29) is 6.10 Å². The molecule has 0 aliphatic carbocycles. The van der Waals surface area contributed by atoms with E-state index in [2.05, 4.69) is 31.5 Å². The molecule has 1 fully saturated rings. The number of aliphatic hydroxyl groups is 1. The number of ether oxygens (including phenoxy) is 2. The van der Waals surface area contributed by atoms with Crippen molar-refractivity contribution in [2.75, 3.05) is 27.8 Å². The summed E-state index contributed by atoms with van der Waals surface area (Å²) in [7, 11) is 5.52. The highest BCUT2D eigenvalue weighted by atomic mass is 16.5. The fourth-order valence-corrected chi connectivity index (χ4v) is 3.55. The molecule has 1 N–H and O–H groups in total. The maximum Gasteiger partial charge on any atom is 0.156 e. The second-order valence-corrected chi connectivity index (χ2v) is 7.18. The number of hydrogen-bond acceptors (Lipinski definition) is 4. The predicted octanol–water partition coefficient (Wildman–Crippen LogP) is 4.27. The fraction of sp³-hybridized carbons (Fsp3) is 0.714. The zero-order valence-corrected chi connectivity index (χ0v) is 17.0. The van der Waals surface area contributed by atoms with Crippen molar-refractivity contribution in [3.8, 4) is 0 Å². The van der Waals surface area contributed by atoms with Gasteiger partial charge in [0.2, 0.25) is 0 Å². The van der Waals surface area contributed by atoms with Crippen molar-refractivity contribution in [1.82, 2.24) is 4.90 Å². The van der Waals surface area contributed by atoms with Gasteiger partial charge in [0.1, 0.15) is 5.76 Å². The Balaban J connectivity index is 2.99. The Hall–Kier alpha value is -1.26. The van der Waals surface area contributed by atoms with Crippen LogP contribution in [0.2, 0.25) is 0 Å². The van der Waals surface area contributed by atoms with Crippen LogP contribution in [0.4, 0.5) is 0 Å². The Morgan fingerprint density at radius 2 is 2.04 bits per heavy atom. The molecule has 3 unspecified atom stereocenters. The quantitative estimate of drug-likeness (QED) is 0.630. The summed E-state index contributed by atoms with van der Waals surface area (Å²) in [4.78, 5) is 2.41. The van der Waals surface area contributed by atoms with Crippen molar-refractivity contribution >= 4 is 0 Å². The summed E-state index contributed by atoms with van der Waals surface area (Å²) >= 11 is 0. The smallest absolute Gasteiger partial charge is 0.156 e. The van der Waals surface area contributed by atoms with E-state index in [9.17, 15) is 5.11 Å². The van der Waals surface area contributed by atoms with Crippen LogP contribution in [0, 0.1) is 5.92 Å². The van der Waals surface area contributed by atoms with Crippen LogP contribution in [0.5, 0.6) is 0 Å². The third kappa shape index (κ3) is 6.19. The maximum absolute atomic E-state index is 9.79. The summed E-state index contributed by atoms with van der Waals surface area (Å²) in [6.07, 6.45) is 6.74. The molecule has 25 heavy (non-hydrogen) atoms. The van der Waals surface area contributed by atoms with E-state index < -0.39 is 0 Å². The molecule has 4 nitrogen and oxygen atoms in total. The first-order chi connectivity index (χ1) is 11.8. The second kappa shape index (κ2) is 10.7. The van der Waals surface area contributed by atoms with Crippen LogP contribution < -0.4 is 0 Å². The third-order valence-electron chi connectivity index (χ3n) is 5.33. The summed E-state index contributed by atoms with van der Waals surface area (Å²) in [5.74, 6) is 2.01. The SMILES string of the molecule is C=C1CCN(C)C(C(C)CCCC(O)CC)/C1=C/C(OC)=C(\C)OC. The minimum Gasteiger partial charge on any atom is -0.498 e. The lowest BCUT2D eigenvalue weighted by Crippen LogP contribution is -2.43. The first-order valence-electron chi connectivity index (χ1n) is 9.42. The van der Waals surface area contributed by atoms with Gasteiger partial charge in [-0.05, 0) is 62.8 Å². The van der Waals surface area contributed by atoms with Crippen LogP contribution in [-0.4, -0.2) is 50.0 Å². The molecule has 0 aromatic carbocycles. The van der Waals surface area contributed by atoms with Gasteiger partial charge in [-0.1, -0.05) is 26.8 Å². The fourth-order valence-electron chi connectivity index (χ4n) is 3.55. The number of piperidine rings is 1. The summed E-state index contributed by atoms with van der Waals surface area (Å²) in [5.41, 5.74) is 2.42. The third-order valence-corrected chi connectivity index (χ3v) is 5.33. The Bertz CT molecular complexity index is 495. The molecule has 1 saturated heterocycles. The number of rotatable bonds is 9. The highest BCUT2D eigenvalue weighted by Crippen LogP contribution is 2.34. The molecule has 4 heteroatoms. The summed E-state index contributed by atoms with van der Waals surface area (Å²) < 4.78 is 10.9. The molecule has 0 aromatic heterocycles. The average molecular weight is 352 g/mol. The van der Waals surface area contributed by atoms with Crippen molar-refractivity contribution in [2.24, 2.45) is 5.92 Å². The lowest BCUT2D eigenvalue weighted by atomic mass is 9.81. The highest BCUT2D eigenvalue weighted by Gasteiger charge is 2.31. The van der Waals surface area contributed by atoms with Crippen molar-refractivity contribution in [3.05, 3.63) is 35.3 Å². The molecule has 0 spiro atoms. The predicted molar refractivity (Wildman–Crippen MR) is 104 cm³/mol. The van der Waals surface area contributed by atoms with Gasteiger partial charge in [-0.2, -0.15) is 0 Å². The number of hydrogen-bond donors (Lipinski definition) is 1. The van der Waals surface area contributed by atoms with Crippen molar-refractivity contribution in [2.45, 2.75) is 65.0 Å². The van der Waals surface area contributed by atoms with E-state index >= 15 is 0 Å². The van der Waals surface area contributed by atoms with Crippen LogP contribution in [-0.2, 0) is 9.47 Å². The zero-order valence-electron chi connectivity index (χ0n) is 17.0. The largest absolute Gasteiger partial charge is 0.498 e. The van der Waals surface area contributed by atoms with E-state index in [4.69, 9.17) is 9.47 Å². The van der Waals surface area contributed by atoms with E-state index in [0.717, 1.165) is 50.2 Å². The molecule has 1 rings (SSSR count). The standard InChI is InChI=1S/C21H37NO3/c1-8-18(23)11-9-10-16(3)21-19(15(2)12-13-22(21)5)14-20(25-7)17(4)24-6/h14,16,18,21,23H,2,8-13H2,1,3-7H3/b19-14+,20-17-. The number of nitrogens with zero attached hydrogens (tertiary/aromatic N) is 1. The van der Waals surface area contributed by atoms with Crippen molar-refractivity contribution in [3.63, 3.8) is 0 Å². The van der Waals surface area contributed by atoms with Gasteiger partial charge in [0.25, 0.3) is 0 Å².